The molecule has 0 unspecified atom stereocenters. The van der Waals surface area contributed by atoms with Crippen LogP contribution >= 0.6 is 0 Å². The van der Waals surface area contributed by atoms with Crippen molar-refractivity contribution in [2.75, 3.05) is 27.3 Å². The van der Waals surface area contributed by atoms with Crippen LogP contribution in [0.3, 0.4) is 0 Å². The lowest BCUT2D eigenvalue weighted by Crippen LogP contribution is -2.32. The van der Waals surface area contributed by atoms with Crippen molar-refractivity contribution in [3.8, 4) is 11.5 Å². The Bertz CT molecular complexity index is 677. The van der Waals surface area contributed by atoms with Crippen LogP contribution in [-0.2, 0) is 13.1 Å². The second-order valence-corrected chi connectivity index (χ2v) is 7.17. The minimum atomic E-state index is -0.583. The van der Waals surface area contributed by atoms with Crippen LogP contribution in [0.1, 0.15) is 25.0 Å². The van der Waals surface area contributed by atoms with Gasteiger partial charge in [-0.15, -0.1) is 0 Å². The highest BCUT2D eigenvalue weighted by molar-refractivity contribution is 5.43. The van der Waals surface area contributed by atoms with Gasteiger partial charge in [0.25, 0.3) is 0 Å². The number of hydrogen-bond acceptors (Lipinski definition) is 5. The van der Waals surface area contributed by atoms with Crippen molar-refractivity contribution in [3.05, 3.63) is 59.7 Å². The van der Waals surface area contributed by atoms with E-state index >= 15 is 0 Å². The molecule has 0 radical (unpaired) electrons. The number of ether oxygens (including phenoxy) is 2. The van der Waals surface area contributed by atoms with Crippen LogP contribution in [0.15, 0.2) is 48.5 Å². The summed E-state index contributed by atoms with van der Waals surface area (Å²) in [6.45, 7) is 6.53. The molecule has 0 aliphatic carbocycles. The fraction of sp³-hybridized carbons (Fsp3) is 0.455. The van der Waals surface area contributed by atoms with Gasteiger partial charge in [-0.1, -0.05) is 50.2 Å². The molecule has 1 atom stereocenters. The van der Waals surface area contributed by atoms with Gasteiger partial charge >= 0.3 is 0 Å². The Morgan fingerprint density at radius 3 is 2.44 bits per heavy atom. The molecule has 5 nitrogen and oxygen atoms in total. The SMILES string of the molecule is COc1ccc(CNC(C)C)cc1OC[C@H](O)CN(C)Cc1ccccc1. The van der Waals surface area contributed by atoms with Gasteiger partial charge in [0, 0.05) is 25.7 Å². The molecule has 2 rings (SSSR count). The third-order valence-corrected chi connectivity index (χ3v) is 4.19. The van der Waals surface area contributed by atoms with Gasteiger partial charge in [0.2, 0.25) is 0 Å². The molecule has 148 valence electrons. The summed E-state index contributed by atoms with van der Waals surface area (Å²) < 4.78 is 11.2. The molecule has 2 aromatic carbocycles. The zero-order chi connectivity index (χ0) is 19.6. The molecule has 0 bridgehead atoms. The predicted octanol–water partition coefficient (Wildman–Crippen LogP) is 3.06. The largest absolute Gasteiger partial charge is 0.493 e. The van der Waals surface area contributed by atoms with Crippen LogP contribution in [0.4, 0.5) is 0 Å². The van der Waals surface area contributed by atoms with Gasteiger partial charge in [0.1, 0.15) is 12.7 Å². The number of methoxy groups -OCH3 is 1. The van der Waals surface area contributed by atoms with E-state index in [1.54, 1.807) is 7.11 Å². The van der Waals surface area contributed by atoms with Crippen LogP contribution in [0.2, 0.25) is 0 Å². The first-order chi connectivity index (χ1) is 13.0. The average Bonchev–Trinajstić information content (AvgIpc) is 2.65. The van der Waals surface area contributed by atoms with Crippen molar-refractivity contribution in [1.29, 1.82) is 0 Å². The van der Waals surface area contributed by atoms with Crippen molar-refractivity contribution >= 4 is 0 Å². The molecular formula is C22H32N2O3. The Hall–Kier alpha value is -2.08. The van der Waals surface area contributed by atoms with Crippen molar-refractivity contribution < 1.29 is 14.6 Å². The van der Waals surface area contributed by atoms with E-state index in [1.807, 2.05) is 43.4 Å². The van der Waals surface area contributed by atoms with Crippen molar-refractivity contribution in [2.24, 2.45) is 0 Å². The van der Waals surface area contributed by atoms with Crippen LogP contribution in [0, 0.1) is 0 Å². The molecule has 2 aromatic rings. The highest BCUT2D eigenvalue weighted by Crippen LogP contribution is 2.28. The second-order valence-electron chi connectivity index (χ2n) is 7.17. The van der Waals surface area contributed by atoms with Gasteiger partial charge in [-0.2, -0.15) is 0 Å². The Morgan fingerprint density at radius 2 is 1.78 bits per heavy atom. The maximum Gasteiger partial charge on any atom is 0.161 e. The first kappa shape index (κ1) is 21.2. The van der Waals surface area contributed by atoms with Crippen LogP contribution in [0.25, 0.3) is 0 Å². The number of rotatable bonds is 11. The molecule has 0 aliphatic rings. The number of aliphatic hydroxyl groups is 1. The van der Waals surface area contributed by atoms with Gasteiger partial charge < -0.3 is 19.9 Å². The zero-order valence-corrected chi connectivity index (χ0v) is 16.8. The van der Waals surface area contributed by atoms with Gasteiger partial charge in [0.15, 0.2) is 11.5 Å². The highest BCUT2D eigenvalue weighted by Gasteiger charge is 2.12. The topological polar surface area (TPSA) is 54.0 Å². The number of benzene rings is 2. The average molecular weight is 373 g/mol. The second kappa shape index (κ2) is 10.9. The fourth-order valence-corrected chi connectivity index (χ4v) is 2.82. The smallest absolute Gasteiger partial charge is 0.161 e. The van der Waals surface area contributed by atoms with E-state index in [0.29, 0.717) is 24.1 Å². The maximum atomic E-state index is 10.3. The van der Waals surface area contributed by atoms with Crippen LogP contribution in [-0.4, -0.2) is 49.5 Å². The first-order valence-electron chi connectivity index (χ1n) is 9.41. The van der Waals surface area contributed by atoms with E-state index in [9.17, 15) is 5.11 Å². The fourth-order valence-electron chi connectivity index (χ4n) is 2.82. The number of nitrogens with zero attached hydrogens (tertiary/aromatic N) is 1. The predicted molar refractivity (Wildman–Crippen MR) is 109 cm³/mol. The summed E-state index contributed by atoms with van der Waals surface area (Å²) in [4.78, 5) is 2.09. The number of hydrogen-bond donors (Lipinski definition) is 2. The van der Waals surface area contributed by atoms with Crippen molar-refractivity contribution in [2.45, 2.75) is 39.1 Å². The standard InChI is InChI=1S/C22H32N2O3/c1-17(2)23-13-19-10-11-21(26-4)22(12-19)27-16-20(25)15-24(3)14-18-8-6-5-7-9-18/h5-12,17,20,23,25H,13-16H2,1-4H3/t20-/m1/s1. The summed E-state index contributed by atoms with van der Waals surface area (Å²) >= 11 is 0. The summed E-state index contributed by atoms with van der Waals surface area (Å²) in [5.74, 6) is 1.33. The quantitative estimate of drug-likeness (QED) is 0.635. The summed E-state index contributed by atoms with van der Waals surface area (Å²) in [5.41, 5.74) is 2.34. The summed E-state index contributed by atoms with van der Waals surface area (Å²) in [5, 5.41) is 13.7. The Morgan fingerprint density at radius 1 is 1.04 bits per heavy atom. The summed E-state index contributed by atoms with van der Waals surface area (Å²) in [6.07, 6.45) is -0.583. The molecule has 0 fully saturated rings. The first-order valence-corrected chi connectivity index (χ1v) is 9.41. The minimum absolute atomic E-state index is 0.219. The monoisotopic (exact) mass is 372 g/mol. The number of likely N-dealkylation sites (N-methyl/N-ethyl adjacent to an activating group) is 1. The van der Waals surface area contributed by atoms with E-state index in [0.717, 1.165) is 18.7 Å². The molecule has 0 aliphatic heterocycles. The van der Waals surface area contributed by atoms with Gasteiger partial charge in [0.05, 0.1) is 7.11 Å². The molecule has 0 saturated heterocycles. The molecule has 2 N–H and O–H groups in total. The lowest BCUT2D eigenvalue weighted by molar-refractivity contribution is 0.0732. The molecule has 0 aromatic heterocycles. The number of aliphatic hydroxyl groups excluding tert-OH is 1. The van der Waals surface area contributed by atoms with E-state index in [1.165, 1.54) is 5.56 Å². The normalized spacial score (nSPS) is 12.4. The minimum Gasteiger partial charge on any atom is -0.493 e. The molecular weight excluding hydrogens is 340 g/mol. The lowest BCUT2D eigenvalue weighted by atomic mass is 10.2. The Labute approximate surface area is 162 Å². The molecule has 0 heterocycles. The van der Waals surface area contributed by atoms with E-state index in [-0.39, 0.29) is 6.61 Å². The molecule has 0 saturated carbocycles. The van der Waals surface area contributed by atoms with Gasteiger partial charge in [-0.25, -0.2) is 0 Å². The van der Waals surface area contributed by atoms with Crippen molar-refractivity contribution in [3.63, 3.8) is 0 Å². The van der Waals surface area contributed by atoms with E-state index < -0.39 is 6.10 Å². The van der Waals surface area contributed by atoms with Crippen molar-refractivity contribution in [1.82, 2.24) is 10.2 Å². The van der Waals surface area contributed by atoms with E-state index in [2.05, 4.69) is 36.2 Å². The highest BCUT2D eigenvalue weighted by atomic mass is 16.5. The van der Waals surface area contributed by atoms with E-state index in [4.69, 9.17) is 9.47 Å². The molecule has 0 amide bonds. The van der Waals surface area contributed by atoms with Crippen LogP contribution < -0.4 is 14.8 Å². The molecule has 0 spiro atoms. The molecule has 27 heavy (non-hydrogen) atoms. The van der Waals surface area contributed by atoms with Gasteiger partial charge in [-0.3, -0.25) is 4.90 Å². The van der Waals surface area contributed by atoms with Crippen LogP contribution in [0.5, 0.6) is 11.5 Å². The van der Waals surface area contributed by atoms with Gasteiger partial charge in [-0.05, 0) is 30.3 Å². The maximum absolute atomic E-state index is 10.3. The Kier molecular flexibility index (Phi) is 8.58. The third kappa shape index (κ3) is 7.59. The zero-order valence-electron chi connectivity index (χ0n) is 16.8. The lowest BCUT2D eigenvalue weighted by Gasteiger charge is -2.21. The number of nitrogens with one attached hydrogen (secondary N) is 1. The Balaban J connectivity index is 1.87. The summed E-state index contributed by atoms with van der Waals surface area (Å²) in [7, 11) is 3.62. The molecule has 5 heteroatoms. The third-order valence-electron chi connectivity index (χ3n) is 4.19. The summed E-state index contributed by atoms with van der Waals surface area (Å²) in [6, 6.07) is 16.5.